The average Bonchev–Trinajstić information content (AvgIpc) is 3.37. The molecule has 1 aliphatic heterocycles. The number of oxazole rings is 1. The molecule has 0 N–H and O–H groups in total. The van der Waals surface area contributed by atoms with Gasteiger partial charge in [-0.3, -0.25) is 4.90 Å². The number of aromatic nitrogens is 1. The predicted molar refractivity (Wildman–Crippen MR) is 129 cm³/mol. The van der Waals surface area contributed by atoms with Crippen molar-refractivity contribution in [3.8, 4) is 0 Å². The van der Waals surface area contributed by atoms with Crippen molar-refractivity contribution in [3.63, 3.8) is 0 Å². The molecule has 1 aliphatic rings. The predicted octanol–water partition coefficient (Wildman–Crippen LogP) is 5.62. The van der Waals surface area contributed by atoms with Gasteiger partial charge < -0.3 is 9.32 Å². The summed E-state index contributed by atoms with van der Waals surface area (Å²) in [5, 5.41) is 0. The minimum atomic E-state index is -0.151. The minimum Gasteiger partial charge on any atom is -0.447 e. The summed E-state index contributed by atoms with van der Waals surface area (Å²) >= 11 is 0. The van der Waals surface area contributed by atoms with E-state index >= 15 is 4.39 Å². The van der Waals surface area contributed by atoms with E-state index in [4.69, 9.17) is 4.42 Å². The van der Waals surface area contributed by atoms with Crippen LogP contribution >= 0.6 is 0 Å². The largest absolute Gasteiger partial charge is 0.447 e. The topological polar surface area (TPSA) is 32.5 Å². The summed E-state index contributed by atoms with van der Waals surface area (Å²) < 4.78 is 20.8. The van der Waals surface area contributed by atoms with Crippen LogP contribution in [0.2, 0.25) is 0 Å². The second kappa shape index (κ2) is 9.59. The van der Waals surface area contributed by atoms with Crippen LogP contribution in [-0.4, -0.2) is 36.1 Å². The molecule has 1 fully saturated rings. The lowest BCUT2D eigenvalue weighted by Gasteiger charge is -2.39. The molecule has 0 saturated carbocycles. The van der Waals surface area contributed by atoms with Crippen LogP contribution in [0, 0.1) is 12.7 Å². The van der Waals surface area contributed by atoms with Crippen molar-refractivity contribution in [1.82, 2.24) is 9.88 Å². The van der Waals surface area contributed by atoms with Gasteiger partial charge in [0.2, 0.25) is 5.89 Å². The summed E-state index contributed by atoms with van der Waals surface area (Å²) in [6.45, 7) is 5.19. The first-order valence-corrected chi connectivity index (χ1v) is 11.5. The molecule has 4 nitrogen and oxygen atoms in total. The number of benzene rings is 3. The lowest BCUT2D eigenvalue weighted by molar-refractivity contribution is 0.187. The summed E-state index contributed by atoms with van der Waals surface area (Å²) in [5.41, 5.74) is 5.29. The molecule has 1 saturated heterocycles. The highest BCUT2D eigenvalue weighted by molar-refractivity contribution is 5.50. The van der Waals surface area contributed by atoms with E-state index in [1.165, 1.54) is 11.1 Å². The molecular weight excluding hydrogens is 413 g/mol. The van der Waals surface area contributed by atoms with E-state index < -0.39 is 0 Å². The molecular formula is C28H28FN3O. The van der Waals surface area contributed by atoms with Crippen LogP contribution in [0.15, 0.2) is 89.7 Å². The fourth-order valence-electron chi connectivity index (χ4n) is 4.68. The third-order valence-corrected chi connectivity index (χ3v) is 6.49. The average molecular weight is 442 g/mol. The third-order valence-electron chi connectivity index (χ3n) is 6.49. The van der Waals surface area contributed by atoms with Crippen LogP contribution < -0.4 is 4.90 Å². The van der Waals surface area contributed by atoms with E-state index in [1.54, 1.807) is 18.5 Å². The summed E-state index contributed by atoms with van der Waals surface area (Å²) in [4.78, 5) is 8.93. The van der Waals surface area contributed by atoms with Gasteiger partial charge in [0, 0.05) is 26.2 Å². The normalized spacial score (nSPS) is 15.5. The number of hydrogen-bond donors (Lipinski definition) is 0. The van der Waals surface area contributed by atoms with E-state index in [0.29, 0.717) is 11.6 Å². The summed E-state index contributed by atoms with van der Waals surface area (Å²) in [5.74, 6) is 0.545. The van der Waals surface area contributed by atoms with Gasteiger partial charge in [0.1, 0.15) is 18.1 Å². The SMILES string of the molecule is Cc1ccccc1Cc1ccc(N2CCN(C(c3ccccc3)c3ncco3)CC2)c(F)c1. The highest BCUT2D eigenvalue weighted by atomic mass is 19.1. The second-order valence-corrected chi connectivity index (χ2v) is 8.60. The Balaban J connectivity index is 1.29. The van der Waals surface area contributed by atoms with Gasteiger partial charge in [0.15, 0.2) is 0 Å². The van der Waals surface area contributed by atoms with Crippen LogP contribution in [0.1, 0.15) is 34.2 Å². The van der Waals surface area contributed by atoms with Crippen molar-refractivity contribution in [2.75, 3.05) is 31.1 Å². The Morgan fingerprint density at radius 3 is 2.39 bits per heavy atom. The first-order chi connectivity index (χ1) is 16.2. The van der Waals surface area contributed by atoms with Crippen LogP contribution in [0.3, 0.4) is 0 Å². The molecule has 1 aromatic heterocycles. The first kappa shape index (κ1) is 21.4. The van der Waals surface area contributed by atoms with Crippen molar-refractivity contribution in [1.29, 1.82) is 0 Å². The van der Waals surface area contributed by atoms with Crippen molar-refractivity contribution in [2.24, 2.45) is 0 Å². The van der Waals surface area contributed by atoms with Gasteiger partial charge in [0.05, 0.1) is 11.9 Å². The number of halogens is 1. The molecule has 0 aliphatic carbocycles. The quantitative estimate of drug-likeness (QED) is 0.389. The number of anilines is 1. The molecule has 3 aromatic carbocycles. The monoisotopic (exact) mass is 441 g/mol. The molecule has 33 heavy (non-hydrogen) atoms. The fourth-order valence-corrected chi connectivity index (χ4v) is 4.68. The van der Waals surface area contributed by atoms with E-state index in [1.807, 2.05) is 36.4 Å². The van der Waals surface area contributed by atoms with Gasteiger partial charge in [0.25, 0.3) is 0 Å². The van der Waals surface area contributed by atoms with Crippen LogP contribution in [0.25, 0.3) is 0 Å². The highest BCUT2D eigenvalue weighted by Gasteiger charge is 2.30. The van der Waals surface area contributed by atoms with E-state index in [9.17, 15) is 0 Å². The van der Waals surface area contributed by atoms with Gasteiger partial charge in [-0.2, -0.15) is 0 Å². The van der Waals surface area contributed by atoms with Gasteiger partial charge in [-0.05, 0) is 47.7 Å². The molecule has 4 aromatic rings. The molecule has 0 bridgehead atoms. The van der Waals surface area contributed by atoms with Crippen molar-refractivity contribution >= 4 is 5.69 Å². The number of rotatable bonds is 6. The van der Waals surface area contributed by atoms with Crippen molar-refractivity contribution in [3.05, 3.63) is 119 Å². The highest BCUT2D eigenvalue weighted by Crippen LogP contribution is 2.30. The van der Waals surface area contributed by atoms with Gasteiger partial charge in [-0.1, -0.05) is 60.7 Å². The molecule has 5 rings (SSSR count). The standard InChI is InChI=1S/C28H28FN3O/c1-21-7-5-6-10-24(21)19-22-11-12-26(25(29)20-22)31-14-16-32(17-15-31)27(28-30-13-18-33-28)23-8-3-2-4-9-23/h2-13,18,20,27H,14-17,19H2,1H3. The number of nitrogens with zero attached hydrogens (tertiary/aromatic N) is 3. The molecule has 1 unspecified atom stereocenters. The summed E-state index contributed by atoms with van der Waals surface area (Å²) in [7, 11) is 0. The third kappa shape index (κ3) is 4.69. The van der Waals surface area contributed by atoms with Gasteiger partial charge >= 0.3 is 0 Å². The Hall–Kier alpha value is -3.44. The number of aryl methyl sites for hydroxylation is 1. The van der Waals surface area contributed by atoms with E-state index in [0.717, 1.165) is 43.7 Å². The minimum absolute atomic E-state index is 0.0373. The molecule has 0 radical (unpaired) electrons. The summed E-state index contributed by atoms with van der Waals surface area (Å²) in [6, 6.07) is 24.2. The number of hydrogen-bond acceptors (Lipinski definition) is 4. The Labute approximate surface area is 194 Å². The van der Waals surface area contributed by atoms with Gasteiger partial charge in [-0.15, -0.1) is 0 Å². The molecule has 5 heteroatoms. The Kier molecular flexibility index (Phi) is 6.22. The number of piperazine rings is 1. The maximum Gasteiger partial charge on any atom is 0.215 e. The van der Waals surface area contributed by atoms with Crippen molar-refractivity contribution in [2.45, 2.75) is 19.4 Å². The molecule has 1 atom stereocenters. The fraction of sp³-hybridized carbons (Fsp3) is 0.250. The molecule has 0 spiro atoms. The van der Waals surface area contributed by atoms with E-state index in [-0.39, 0.29) is 11.9 Å². The van der Waals surface area contributed by atoms with Crippen LogP contribution in [0.5, 0.6) is 0 Å². The zero-order chi connectivity index (χ0) is 22.6. The van der Waals surface area contributed by atoms with Crippen LogP contribution in [0.4, 0.5) is 10.1 Å². The zero-order valence-corrected chi connectivity index (χ0v) is 18.8. The van der Waals surface area contributed by atoms with Crippen molar-refractivity contribution < 1.29 is 8.81 Å². The molecule has 2 heterocycles. The lowest BCUT2D eigenvalue weighted by Crippen LogP contribution is -2.48. The first-order valence-electron chi connectivity index (χ1n) is 11.5. The molecule has 0 amide bonds. The van der Waals surface area contributed by atoms with Crippen LogP contribution in [-0.2, 0) is 6.42 Å². The maximum atomic E-state index is 15.1. The Bertz CT molecular complexity index is 1190. The van der Waals surface area contributed by atoms with Gasteiger partial charge in [-0.25, -0.2) is 9.37 Å². The Morgan fingerprint density at radius 1 is 0.939 bits per heavy atom. The maximum absolute atomic E-state index is 15.1. The smallest absolute Gasteiger partial charge is 0.215 e. The van der Waals surface area contributed by atoms with E-state index in [2.05, 4.69) is 52.0 Å². The summed E-state index contributed by atoms with van der Waals surface area (Å²) in [6.07, 6.45) is 4.05. The zero-order valence-electron chi connectivity index (χ0n) is 18.8. The second-order valence-electron chi connectivity index (χ2n) is 8.60. The lowest BCUT2D eigenvalue weighted by atomic mass is 10.00. The Morgan fingerprint density at radius 2 is 1.70 bits per heavy atom. The molecule has 168 valence electrons.